The Morgan fingerprint density at radius 1 is 1.17 bits per heavy atom. The van der Waals surface area contributed by atoms with Crippen LogP contribution in [0.3, 0.4) is 0 Å². The van der Waals surface area contributed by atoms with Crippen LogP contribution in [-0.2, 0) is 0 Å². The molecule has 0 fully saturated rings. The number of hydrogen-bond donors (Lipinski definition) is 1. The van der Waals surface area contributed by atoms with Crippen molar-refractivity contribution < 1.29 is 0 Å². The van der Waals surface area contributed by atoms with Gasteiger partial charge in [0.25, 0.3) is 0 Å². The largest absolute Gasteiger partial charge is 0.378 e. The smallest absolute Gasteiger partial charge is 0.0365 e. The fourth-order valence-corrected chi connectivity index (χ4v) is 4.89. The summed E-state index contributed by atoms with van der Waals surface area (Å²) in [6.07, 6.45) is 7.82. The van der Waals surface area contributed by atoms with Crippen LogP contribution in [0, 0.1) is 0 Å². The van der Waals surface area contributed by atoms with E-state index in [0.29, 0.717) is 11.6 Å². The van der Waals surface area contributed by atoms with E-state index in [1.165, 1.54) is 60.4 Å². The number of unbranched alkanes of at least 4 members (excludes halogenated alkanes) is 2. The summed E-state index contributed by atoms with van der Waals surface area (Å²) < 4.78 is 0. The summed E-state index contributed by atoms with van der Waals surface area (Å²) in [6, 6.07) is 7.37. The molecule has 0 amide bonds. The predicted octanol–water partition coefficient (Wildman–Crippen LogP) is 5.63. The maximum atomic E-state index is 4.04. The molecule has 1 aromatic carbocycles. The summed E-state index contributed by atoms with van der Waals surface area (Å²) in [5, 5.41) is 4.04. The second kappa shape index (κ2) is 8.43. The Kier molecular flexibility index (Phi) is 6.84. The molecular weight excluding hydrogens is 300 g/mol. The number of nitrogens with one attached hydrogen (secondary N) is 1. The van der Waals surface area contributed by atoms with E-state index in [9.17, 15) is 0 Å². The summed E-state index contributed by atoms with van der Waals surface area (Å²) >= 11 is 2.06. The summed E-state index contributed by atoms with van der Waals surface area (Å²) in [5.41, 5.74) is 3.07. The monoisotopic (exact) mass is 334 g/mol. The van der Waals surface area contributed by atoms with Gasteiger partial charge in [0.1, 0.15) is 0 Å². The highest BCUT2D eigenvalue weighted by Crippen LogP contribution is 2.40. The van der Waals surface area contributed by atoms with Gasteiger partial charge in [-0.05, 0) is 43.5 Å². The zero-order valence-electron chi connectivity index (χ0n) is 15.6. The molecule has 0 bridgehead atoms. The molecule has 1 N–H and O–H groups in total. The number of rotatable bonds is 7. The van der Waals surface area contributed by atoms with Crippen LogP contribution in [-0.4, -0.2) is 25.4 Å². The Balaban J connectivity index is 2.25. The molecule has 0 saturated heterocycles. The summed E-state index contributed by atoms with van der Waals surface area (Å²) in [4.78, 5) is 3.66. The number of fused-ring (bicyclic) bond motifs is 1. The highest BCUT2D eigenvalue weighted by molar-refractivity contribution is 7.99. The Morgan fingerprint density at radius 2 is 1.83 bits per heavy atom. The van der Waals surface area contributed by atoms with Gasteiger partial charge in [0.15, 0.2) is 0 Å². The zero-order chi connectivity index (χ0) is 16.9. The second-order valence-corrected chi connectivity index (χ2v) is 8.28. The van der Waals surface area contributed by atoms with E-state index in [1.807, 2.05) is 0 Å². The molecular formula is C20H34N2S. The molecule has 1 aliphatic rings. The Hall–Kier alpha value is -0.670. The second-order valence-electron chi connectivity index (χ2n) is 7.26. The van der Waals surface area contributed by atoms with Gasteiger partial charge in [0, 0.05) is 42.0 Å². The molecule has 0 spiro atoms. The Labute approximate surface area is 147 Å². The summed E-state index contributed by atoms with van der Waals surface area (Å²) in [6.45, 7) is 6.95. The third kappa shape index (κ3) is 4.67. The van der Waals surface area contributed by atoms with Crippen molar-refractivity contribution in [3.8, 4) is 0 Å². The van der Waals surface area contributed by atoms with E-state index in [0.717, 1.165) is 0 Å². The lowest BCUT2D eigenvalue weighted by molar-refractivity contribution is 0.274. The third-order valence-corrected chi connectivity index (χ3v) is 6.40. The van der Waals surface area contributed by atoms with Crippen molar-refractivity contribution in [3.05, 3.63) is 23.8 Å². The minimum absolute atomic E-state index is 0.299. The van der Waals surface area contributed by atoms with Crippen molar-refractivity contribution >= 4 is 17.4 Å². The maximum absolute atomic E-state index is 4.04. The first-order valence-corrected chi connectivity index (χ1v) is 10.2. The minimum Gasteiger partial charge on any atom is -0.378 e. The number of hydrogen-bond acceptors (Lipinski definition) is 3. The van der Waals surface area contributed by atoms with Crippen LogP contribution in [0.5, 0.6) is 0 Å². The molecule has 1 aromatic rings. The topological polar surface area (TPSA) is 15.3 Å². The van der Waals surface area contributed by atoms with E-state index >= 15 is 0 Å². The lowest BCUT2D eigenvalue weighted by atomic mass is 9.87. The van der Waals surface area contributed by atoms with Crippen LogP contribution in [0.4, 0.5) is 5.69 Å². The lowest BCUT2D eigenvalue weighted by Gasteiger charge is -2.36. The van der Waals surface area contributed by atoms with Crippen molar-refractivity contribution in [2.45, 2.75) is 75.8 Å². The molecule has 3 heteroatoms. The van der Waals surface area contributed by atoms with E-state index in [1.54, 1.807) is 0 Å². The van der Waals surface area contributed by atoms with E-state index in [2.05, 4.69) is 75.0 Å². The summed E-state index contributed by atoms with van der Waals surface area (Å²) in [5.74, 6) is 1.20. The number of nitrogens with zero attached hydrogens (tertiary/aromatic N) is 1. The van der Waals surface area contributed by atoms with Gasteiger partial charge >= 0.3 is 0 Å². The number of anilines is 1. The quantitative estimate of drug-likeness (QED) is 0.696. The number of benzene rings is 1. The van der Waals surface area contributed by atoms with Crippen LogP contribution in [0.1, 0.15) is 70.9 Å². The molecule has 130 valence electrons. The molecule has 1 heterocycles. The first-order chi connectivity index (χ1) is 11.0. The summed E-state index contributed by atoms with van der Waals surface area (Å²) in [7, 11) is 4.24. The van der Waals surface area contributed by atoms with Gasteiger partial charge < -0.3 is 10.2 Å². The third-order valence-electron chi connectivity index (χ3n) is 5.02. The van der Waals surface area contributed by atoms with Gasteiger partial charge in [0.2, 0.25) is 0 Å². The molecule has 2 rings (SSSR count). The molecule has 2 nitrogen and oxygen atoms in total. The van der Waals surface area contributed by atoms with E-state index < -0.39 is 0 Å². The van der Waals surface area contributed by atoms with Gasteiger partial charge in [-0.3, -0.25) is 0 Å². The standard InChI is InChI=1S/C20H34N2S/c1-6-8-12-20(13-9-7-2)15-23-19-11-10-17(22(4)5)14-18(19)16(3)21-20/h10-11,14,16,21H,6-9,12-13,15H2,1-5H3/t16-/m1/s1. The van der Waals surface area contributed by atoms with Crippen molar-refractivity contribution in [2.24, 2.45) is 0 Å². The van der Waals surface area contributed by atoms with Gasteiger partial charge in [-0.2, -0.15) is 0 Å². The predicted molar refractivity (Wildman–Crippen MR) is 105 cm³/mol. The maximum Gasteiger partial charge on any atom is 0.0365 e. The van der Waals surface area contributed by atoms with Crippen LogP contribution in [0.25, 0.3) is 0 Å². The van der Waals surface area contributed by atoms with Crippen molar-refractivity contribution in [1.82, 2.24) is 5.32 Å². The van der Waals surface area contributed by atoms with Crippen molar-refractivity contribution in [3.63, 3.8) is 0 Å². The lowest BCUT2D eigenvalue weighted by Crippen LogP contribution is -2.47. The molecule has 0 radical (unpaired) electrons. The molecule has 0 unspecified atom stereocenters. The molecule has 0 aromatic heterocycles. The van der Waals surface area contributed by atoms with Gasteiger partial charge in [-0.15, -0.1) is 11.8 Å². The van der Waals surface area contributed by atoms with Crippen molar-refractivity contribution in [1.29, 1.82) is 0 Å². The highest BCUT2D eigenvalue weighted by atomic mass is 32.2. The minimum atomic E-state index is 0.299. The Bertz CT molecular complexity index is 490. The van der Waals surface area contributed by atoms with Gasteiger partial charge in [0.05, 0.1) is 0 Å². The Morgan fingerprint density at radius 3 is 2.39 bits per heavy atom. The van der Waals surface area contributed by atoms with Crippen molar-refractivity contribution in [2.75, 3.05) is 24.7 Å². The molecule has 0 aliphatic carbocycles. The average Bonchev–Trinajstić information content (AvgIpc) is 2.68. The van der Waals surface area contributed by atoms with Gasteiger partial charge in [-0.1, -0.05) is 39.5 Å². The van der Waals surface area contributed by atoms with Crippen LogP contribution in [0.15, 0.2) is 23.1 Å². The van der Waals surface area contributed by atoms with E-state index in [4.69, 9.17) is 0 Å². The first-order valence-electron chi connectivity index (χ1n) is 9.23. The fraction of sp³-hybridized carbons (Fsp3) is 0.700. The first kappa shape index (κ1) is 18.7. The SMILES string of the molecule is CCCCC1(CCCC)CSc2ccc(N(C)C)cc2[C@@H](C)N1. The highest BCUT2D eigenvalue weighted by Gasteiger charge is 2.34. The normalized spacial score (nSPS) is 20.0. The van der Waals surface area contributed by atoms with Crippen LogP contribution < -0.4 is 10.2 Å². The zero-order valence-corrected chi connectivity index (χ0v) is 16.4. The molecule has 1 atom stereocenters. The molecule has 0 saturated carbocycles. The molecule has 1 aliphatic heterocycles. The van der Waals surface area contributed by atoms with Crippen LogP contribution >= 0.6 is 11.8 Å². The fourth-order valence-electron chi connectivity index (χ4n) is 3.52. The van der Waals surface area contributed by atoms with Crippen LogP contribution in [0.2, 0.25) is 0 Å². The average molecular weight is 335 g/mol. The number of thioether (sulfide) groups is 1. The van der Waals surface area contributed by atoms with E-state index in [-0.39, 0.29) is 0 Å². The van der Waals surface area contributed by atoms with Gasteiger partial charge in [-0.25, -0.2) is 0 Å². The molecule has 23 heavy (non-hydrogen) atoms.